The number of allylic oxidation sites excluding steroid dienone is 1. The highest BCUT2D eigenvalue weighted by Crippen LogP contribution is 2.48. The van der Waals surface area contributed by atoms with Gasteiger partial charge < -0.3 is 29.0 Å². The minimum Gasteiger partial charge on any atom is -0.493 e. The van der Waals surface area contributed by atoms with Crippen molar-refractivity contribution in [3.8, 4) is 23.0 Å². The van der Waals surface area contributed by atoms with E-state index < -0.39 is 17.5 Å². The van der Waals surface area contributed by atoms with Crippen LogP contribution < -0.4 is 24.3 Å². The molecule has 1 amide bonds. The van der Waals surface area contributed by atoms with Gasteiger partial charge in [-0.1, -0.05) is 23.9 Å². The Kier molecular flexibility index (Phi) is 7.16. The second-order valence-corrected chi connectivity index (χ2v) is 10.4. The minimum absolute atomic E-state index is 0.0457. The Balaban J connectivity index is 1.54. The Morgan fingerprint density at radius 2 is 1.87 bits per heavy atom. The molecule has 38 heavy (non-hydrogen) atoms. The first-order valence-corrected chi connectivity index (χ1v) is 13.2. The van der Waals surface area contributed by atoms with Crippen molar-refractivity contribution in [2.75, 3.05) is 27.4 Å². The van der Waals surface area contributed by atoms with E-state index in [2.05, 4.69) is 5.32 Å². The zero-order chi connectivity index (χ0) is 27.0. The highest BCUT2D eigenvalue weighted by Gasteiger charge is 2.48. The summed E-state index contributed by atoms with van der Waals surface area (Å²) < 4.78 is 27.9. The summed E-state index contributed by atoms with van der Waals surface area (Å²) >= 11 is 1.39. The molecular weight excluding hydrogens is 508 g/mol. The number of nitrogens with one attached hydrogen (secondary N) is 1. The lowest BCUT2D eigenvalue weighted by molar-refractivity contribution is -0.138. The molecule has 0 spiro atoms. The van der Waals surface area contributed by atoms with Crippen LogP contribution >= 0.6 is 11.8 Å². The Morgan fingerprint density at radius 1 is 1.11 bits per heavy atom. The summed E-state index contributed by atoms with van der Waals surface area (Å²) in [6.45, 7) is 6.67. The molecule has 1 fully saturated rings. The predicted molar refractivity (Wildman–Crippen MR) is 143 cm³/mol. The Morgan fingerprint density at radius 3 is 2.58 bits per heavy atom. The maximum Gasteiger partial charge on any atom is 0.337 e. The number of hydrogen-bond acceptors (Lipinski definition) is 9. The Hall–Kier alpha value is -3.79. The van der Waals surface area contributed by atoms with Gasteiger partial charge in [-0.2, -0.15) is 0 Å². The van der Waals surface area contributed by atoms with Gasteiger partial charge in [-0.15, -0.1) is 0 Å². The van der Waals surface area contributed by atoms with E-state index in [0.717, 1.165) is 5.56 Å². The number of hydrogen-bond donors (Lipinski definition) is 1. The van der Waals surface area contributed by atoms with Crippen molar-refractivity contribution < 1.29 is 33.3 Å². The van der Waals surface area contributed by atoms with Crippen molar-refractivity contribution in [1.29, 1.82) is 0 Å². The number of fused-ring (bicyclic) bond motifs is 2. The molecule has 9 nitrogen and oxygen atoms in total. The molecular formula is C28H30N2O7S. The van der Waals surface area contributed by atoms with Gasteiger partial charge in [0.15, 0.2) is 28.5 Å². The second-order valence-electron chi connectivity index (χ2n) is 9.25. The molecule has 200 valence electrons. The van der Waals surface area contributed by atoms with Crippen molar-refractivity contribution in [2.24, 2.45) is 0 Å². The van der Waals surface area contributed by atoms with Gasteiger partial charge >= 0.3 is 5.97 Å². The zero-order valence-corrected chi connectivity index (χ0v) is 22.7. The SMILES string of the molecule is COC(=O)C1=C(C)N[C@H]2S/C(=C\c3ccc4c(c3)OCCO4)C(=O)N2[C@@H]1c1ccc(OC(C)C)c(OC)c1. The van der Waals surface area contributed by atoms with Gasteiger partial charge in [0.25, 0.3) is 5.91 Å². The van der Waals surface area contributed by atoms with Crippen LogP contribution in [0.15, 0.2) is 52.6 Å². The quantitative estimate of drug-likeness (QED) is 0.428. The predicted octanol–water partition coefficient (Wildman–Crippen LogP) is 4.25. The zero-order valence-electron chi connectivity index (χ0n) is 21.9. The molecule has 0 bridgehead atoms. The smallest absolute Gasteiger partial charge is 0.337 e. The van der Waals surface area contributed by atoms with Crippen molar-refractivity contribution in [2.45, 2.75) is 38.4 Å². The van der Waals surface area contributed by atoms with E-state index in [1.807, 2.05) is 51.1 Å². The largest absolute Gasteiger partial charge is 0.493 e. The summed E-state index contributed by atoms with van der Waals surface area (Å²) in [6, 6.07) is 10.4. The highest BCUT2D eigenvalue weighted by atomic mass is 32.2. The lowest BCUT2D eigenvalue weighted by Crippen LogP contribution is -2.49. The molecule has 5 rings (SSSR count). The van der Waals surface area contributed by atoms with Gasteiger partial charge in [0.1, 0.15) is 13.2 Å². The van der Waals surface area contributed by atoms with Crippen LogP contribution in [0.4, 0.5) is 0 Å². The van der Waals surface area contributed by atoms with Crippen LogP contribution in [0.2, 0.25) is 0 Å². The van der Waals surface area contributed by atoms with Crippen LogP contribution in [0.25, 0.3) is 6.08 Å². The maximum absolute atomic E-state index is 13.9. The summed E-state index contributed by atoms with van der Waals surface area (Å²) in [4.78, 5) is 29.0. The lowest BCUT2D eigenvalue weighted by atomic mass is 9.93. The first-order valence-electron chi connectivity index (χ1n) is 12.3. The molecule has 2 atom stereocenters. The molecule has 0 saturated carbocycles. The standard InChI is InChI=1S/C28H30N2O7S/c1-15(2)37-20-9-7-18(14-21(20)33-4)25-24(27(32)34-5)16(3)29-28-30(25)26(31)23(38-28)13-17-6-8-19-22(12-17)36-11-10-35-19/h6-9,12-15,25,28-29H,10-11H2,1-5H3/b23-13-/t25-,28-/m1/s1. The normalized spacial score (nSPS) is 21.4. The van der Waals surface area contributed by atoms with Crippen molar-refractivity contribution in [3.05, 3.63) is 63.7 Å². The lowest BCUT2D eigenvalue weighted by Gasteiger charge is -2.39. The van der Waals surface area contributed by atoms with Crippen molar-refractivity contribution in [3.63, 3.8) is 0 Å². The van der Waals surface area contributed by atoms with E-state index in [-0.39, 0.29) is 12.0 Å². The van der Waals surface area contributed by atoms with E-state index in [1.54, 1.807) is 24.1 Å². The minimum atomic E-state index is -0.693. The summed E-state index contributed by atoms with van der Waals surface area (Å²) in [5.74, 6) is 1.71. The summed E-state index contributed by atoms with van der Waals surface area (Å²) in [7, 11) is 2.89. The van der Waals surface area contributed by atoms with Crippen LogP contribution in [0, 0.1) is 0 Å². The van der Waals surface area contributed by atoms with Crippen molar-refractivity contribution in [1.82, 2.24) is 10.2 Å². The number of amides is 1. The molecule has 0 aliphatic carbocycles. The third kappa shape index (κ3) is 4.76. The van der Waals surface area contributed by atoms with E-state index in [0.29, 0.717) is 58.0 Å². The molecule has 3 aliphatic heterocycles. The summed E-state index contributed by atoms with van der Waals surface area (Å²) in [5, 5.41) is 3.31. The van der Waals surface area contributed by atoms with Crippen LogP contribution in [-0.2, 0) is 14.3 Å². The Bertz CT molecular complexity index is 1340. The summed E-state index contributed by atoms with van der Waals surface area (Å²) in [5.41, 5.74) is 2.11. The van der Waals surface area contributed by atoms with Gasteiger partial charge in [-0.3, -0.25) is 9.69 Å². The molecule has 2 aromatic carbocycles. The van der Waals surface area contributed by atoms with Gasteiger partial charge in [-0.05, 0) is 62.2 Å². The second kappa shape index (κ2) is 10.5. The van der Waals surface area contributed by atoms with Crippen LogP contribution in [0.3, 0.4) is 0 Å². The number of methoxy groups -OCH3 is 2. The molecule has 0 radical (unpaired) electrons. The molecule has 0 aromatic heterocycles. The average Bonchev–Trinajstić information content (AvgIpc) is 3.21. The number of nitrogens with zero attached hydrogens (tertiary/aromatic N) is 1. The molecule has 3 heterocycles. The number of thioether (sulfide) groups is 1. The summed E-state index contributed by atoms with van der Waals surface area (Å²) in [6.07, 6.45) is 1.78. The number of carbonyl (C=O) groups is 2. The average molecular weight is 539 g/mol. The number of rotatable bonds is 6. The van der Waals surface area contributed by atoms with Gasteiger partial charge in [0.2, 0.25) is 0 Å². The molecule has 1 N–H and O–H groups in total. The third-order valence-electron chi connectivity index (χ3n) is 6.37. The monoisotopic (exact) mass is 538 g/mol. The molecule has 0 unspecified atom stereocenters. The van der Waals surface area contributed by atoms with E-state index in [9.17, 15) is 9.59 Å². The first-order chi connectivity index (χ1) is 18.3. The molecule has 2 aromatic rings. The van der Waals surface area contributed by atoms with Gasteiger partial charge in [0.05, 0.1) is 36.8 Å². The van der Waals surface area contributed by atoms with E-state index in [1.165, 1.54) is 18.9 Å². The van der Waals surface area contributed by atoms with Crippen LogP contribution in [-0.4, -0.2) is 55.8 Å². The number of benzene rings is 2. The van der Waals surface area contributed by atoms with Crippen molar-refractivity contribution >= 4 is 29.7 Å². The van der Waals surface area contributed by atoms with E-state index >= 15 is 0 Å². The van der Waals surface area contributed by atoms with Gasteiger partial charge in [-0.25, -0.2) is 4.79 Å². The Labute approximate surface area is 225 Å². The fourth-order valence-corrected chi connectivity index (χ4v) is 5.94. The highest BCUT2D eigenvalue weighted by molar-refractivity contribution is 8.05. The molecule has 3 aliphatic rings. The number of carbonyl (C=O) groups excluding carboxylic acids is 2. The van der Waals surface area contributed by atoms with Gasteiger partial charge in [0, 0.05) is 5.70 Å². The third-order valence-corrected chi connectivity index (χ3v) is 7.48. The number of esters is 1. The topological polar surface area (TPSA) is 95.6 Å². The molecule has 10 heteroatoms. The fourth-order valence-electron chi connectivity index (χ4n) is 4.72. The van der Waals surface area contributed by atoms with Crippen LogP contribution in [0.5, 0.6) is 23.0 Å². The molecule has 1 saturated heterocycles. The maximum atomic E-state index is 13.9. The fraction of sp³-hybridized carbons (Fsp3) is 0.357. The van der Waals surface area contributed by atoms with E-state index in [4.69, 9.17) is 23.7 Å². The number of ether oxygens (including phenoxy) is 5. The van der Waals surface area contributed by atoms with Crippen LogP contribution in [0.1, 0.15) is 37.9 Å². The first kappa shape index (κ1) is 25.8.